The molecule has 168 valence electrons. The second kappa shape index (κ2) is 14.7. The van der Waals surface area contributed by atoms with Crippen molar-refractivity contribution < 1.29 is 29.4 Å². The topological polar surface area (TPSA) is 183 Å². The number of carboxylic acid groups (broad SMARTS) is 2. The van der Waals surface area contributed by atoms with Gasteiger partial charge in [-0.05, 0) is 32.7 Å². The zero-order valence-corrected chi connectivity index (χ0v) is 17.4. The van der Waals surface area contributed by atoms with Gasteiger partial charge in [-0.25, -0.2) is 4.79 Å². The van der Waals surface area contributed by atoms with Crippen LogP contribution in [0.2, 0.25) is 0 Å². The fourth-order valence-electron chi connectivity index (χ4n) is 2.67. The van der Waals surface area contributed by atoms with Gasteiger partial charge < -0.3 is 37.2 Å². The predicted octanol–water partition coefficient (Wildman–Crippen LogP) is -1.38. The third-order valence-corrected chi connectivity index (χ3v) is 4.23. The molecule has 3 atom stereocenters. The maximum Gasteiger partial charge on any atom is 0.326 e. The average Bonchev–Trinajstić information content (AvgIpc) is 2.64. The number of nitrogens with one attached hydrogen (secondary N) is 4. The van der Waals surface area contributed by atoms with Crippen LogP contribution in [0.3, 0.4) is 0 Å². The molecule has 0 fully saturated rings. The minimum absolute atomic E-state index is 0.0583. The monoisotopic (exact) mass is 417 g/mol. The van der Waals surface area contributed by atoms with Gasteiger partial charge in [-0.3, -0.25) is 14.4 Å². The average molecular weight is 418 g/mol. The quantitative estimate of drug-likeness (QED) is 0.149. The molecule has 0 rings (SSSR count). The molecular formula is C18H35N5O6. The fraction of sp³-hybridized carbons (Fsp3) is 0.778. The molecule has 0 spiro atoms. The third kappa shape index (κ3) is 12.0. The van der Waals surface area contributed by atoms with Gasteiger partial charge in [0.1, 0.15) is 6.04 Å². The van der Waals surface area contributed by atoms with Crippen LogP contribution < -0.4 is 27.0 Å². The molecule has 0 aliphatic heterocycles. The van der Waals surface area contributed by atoms with Crippen LogP contribution in [0.25, 0.3) is 0 Å². The van der Waals surface area contributed by atoms with Crippen LogP contribution in [-0.4, -0.2) is 78.3 Å². The number of likely N-dealkylation sites (N-methyl/N-ethyl adjacent to an activating group) is 1. The minimum Gasteiger partial charge on any atom is -0.481 e. The van der Waals surface area contributed by atoms with Gasteiger partial charge in [0.05, 0.1) is 12.1 Å². The first-order valence-corrected chi connectivity index (χ1v) is 9.78. The van der Waals surface area contributed by atoms with E-state index in [1.165, 1.54) is 7.05 Å². The van der Waals surface area contributed by atoms with Crippen LogP contribution in [-0.2, 0) is 19.2 Å². The highest BCUT2D eigenvalue weighted by molar-refractivity contribution is 5.87. The van der Waals surface area contributed by atoms with E-state index >= 15 is 0 Å². The Morgan fingerprint density at radius 2 is 1.59 bits per heavy atom. The summed E-state index contributed by atoms with van der Waals surface area (Å²) in [6.07, 6.45) is 1.06. The summed E-state index contributed by atoms with van der Waals surface area (Å²) in [6, 6.07) is -2.23. The van der Waals surface area contributed by atoms with Gasteiger partial charge in [-0.2, -0.15) is 0 Å². The number of carbonyl (C=O) groups is 4. The van der Waals surface area contributed by atoms with Crippen molar-refractivity contribution in [2.45, 2.75) is 70.1 Å². The minimum atomic E-state index is -1.17. The Labute approximate surface area is 171 Å². The number of aliphatic carboxylic acids is 2. The maximum absolute atomic E-state index is 12.2. The van der Waals surface area contributed by atoms with Gasteiger partial charge in [0.15, 0.2) is 0 Å². The lowest BCUT2D eigenvalue weighted by Crippen LogP contribution is -2.51. The molecule has 0 aliphatic rings. The number of rotatable bonds is 16. The fourth-order valence-corrected chi connectivity index (χ4v) is 2.67. The van der Waals surface area contributed by atoms with Crippen molar-refractivity contribution in [3.8, 4) is 0 Å². The lowest BCUT2D eigenvalue weighted by Gasteiger charge is -2.20. The molecule has 11 heteroatoms. The molecule has 2 amide bonds. The number of unbranched alkanes of at least 4 members (excludes halogenated alkanes) is 1. The van der Waals surface area contributed by atoms with E-state index in [1.807, 2.05) is 13.8 Å². The Balaban J connectivity index is 4.37. The molecule has 29 heavy (non-hydrogen) atoms. The number of hydrogen-bond acceptors (Lipinski definition) is 7. The first kappa shape index (κ1) is 26.8. The van der Waals surface area contributed by atoms with E-state index in [-0.39, 0.29) is 37.8 Å². The van der Waals surface area contributed by atoms with E-state index in [2.05, 4.69) is 21.3 Å². The van der Waals surface area contributed by atoms with Gasteiger partial charge in [0.25, 0.3) is 0 Å². The zero-order chi connectivity index (χ0) is 22.4. The molecule has 0 aromatic rings. The Hall–Kier alpha value is -2.24. The first-order valence-electron chi connectivity index (χ1n) is 9.78. The predicted molar refractivity (Wildman–Crippen MR) is 107 cm³/mol. The lowest BCUT2D eigenvalue weighted by atomic mass is 10.1. The summed E-state index contributed by atoms with van der Waals surface area (Å²) in [6.45, 7) is 4.37. The standard InChI is InChI=1S/C18H35N5O6/c1-11(2)22-14(10-19)16(26)21-9-5-4-6-13(18(28)29)23-17(27)12(20-3)7-8-15(24)25/h11-14,20,22H,4-10,19H2,1-3H3,(H,21,26)(H,23,27)(H,24,25)(H,28,29)/t12-,13?,14-/m0/s1. The van der Waals surface area contributed by atoms with Crippen LogP contribution in [0.5, 0.6) is 0 Å². The van der Waals surface area contributed by atoms with Gasteiger partial charge in [0, 0.05) is 25.6 Å². The second-order valence-corrected chi connectivity index (χ2v) is 7.07. The summed E-state index contributed by atoms with van der Waals surface area (Å²) in [4.78, 5) is 46.2. The van der Waals surface area contributed by atoms with E-state index < -0.39 is 36.0 Å². The van der Waals surface area contributed by atoms with Crippen LogP contribution in [0, 0.1) is 0 Å². The van der Waals surface area contributed by atoms with E-state index in [4.69, 9.17) is 10.8 Å². The van der Waals surface area contributed by atoms with Gasteiger partial charge >= 0.3 is 11.9 Å². The van der Waals surface area contributed by atoms with Crippen LogP contribution in [0.1, 0.15) is 46.0 Å². The first-order chi connectivity index (χ1) is 13.6. The molecule has 0 saturated heterocycles. The normalized spacial score (nSPS) is 14.1. The number of nitrogens with two attached hydrogens (primary N) is 1. The SMILES string of the molecule is CN[C@@H](CCC(=O)O)C(=O)NC(CCCCNC(=O)[C@H](CN)NC(C)C)C(=O)O. The molecule has 0 saturated carbocycles. The molecular weight excluding hydrogens is 382 g/mol. The van der Waals surface area contributed by atoms with Crippen LogP contribution >= 0.6 is 0 Å². The number of carboxylic acids is 2. The highest BCUT2D eigenvalue weighted by Gasteiger charge is 2.24. The van der Waals surface area contributed by atoms with Crippen molar-refractivity contribution >= 4 is 23.8 Å². The number of carbonyl (C=O) groups excluding carboxylic acids is 2. The van der Waals surface area contributed by atoms with Crippen LogP contribution in [0.15, 0.2) is 0 Å². The Kier molecular flexibility index (Phi) is 13.6. The van der Waals surface area contributed by atoms with Crippen molar-refractivity contribution in [3.63, 3.8) is 0 Å². The zero-order valence-electron chi connectivity index (χ0n) is 17.4. The highest BCUT2D eigenvalue weighted by atomic mass is 16.4. The molecule has 0 bridgehead atoms. The largest absolute Gasteiger partial charge is 0.481 e. The Morgan fingerprint density at radius 3 is 2.07 bits per heavy atom. The summed E-state index contributed by atoms with van der Waals surface area (Å²) in [5.41, 5.74) is 5.58. The van der Waals surface area contributed by atoms with E-state index in [1.54, 1.807) is 0 Å². The van der Waals surface area contributed by atoms with E-state index in [0.29, 0.717) is 19.4 Å². The second-order valence-electron chi connectivity index (χ2n) is 7.07. The number of hydrogen-bond donors (Lipinski definition) is 7. The summed E-state index contributed by atoms with van der Waals surface area (Å²) in [5, 5.41) is 28.9. The van der Waals surface area contributed by atoms with E-state index in [0.717, 1.165) is 0 Å². The highest BCUT2D eigenvalue weighted by Crippen LogP contribution is 2.04. The van der Waals surface area contributed by atoms with Gasteiger partial charge in [-0.15, -0.1) is 0 Å². The molecule has 0 radical (unpaired) electrons. The Morgan fingerprint density at radius 1 is 0.931 bits per heavy atom. The molecule has 0 aromatic carbocycles. The molecule has 0 aromatic heterocycles. The van der Waals surface area contributed by atoms with Crippen molar-refractivity contribution in [1.82, 2.24) is 21.3 Å². The molecule has 0 heterocycles. The van der Waals surface area contributed by atoms with Crippen molar-refractivity contribution in [2.75, 3.05) is 20.1 Å². The molecule has 8 N–H and O–H groups in total. The lowest BCUT2D eigenvalue weighted by molar-refractivity contribution is -0.142. The van der Waals surface area contributed by atoms with Crippen molar-refractivity contribution in [1.29, 1.82) is 0 Å². The summed E-state index contributed by atoms with van der Waals surface area (Å²) in [5.74, 6) is -2.96. The van der Waals surface area contributed by atoms with E-state index in [9.17, 15) is 24.3 Å². The summed E-state index contributed by atoms with van der Waals surface area (Å²) >= 11 is 0. The van der Waals surface area contributed by atoms with Crippen molar-refractivity contribution in [2.24, 2.45) is 5.73 Å². The Bertz CT molecular complexity index is 543. The van der Waals surface area contributed by atoms with Gasteiger partial charge in [0.2, 0.25) is 11.8 Å². The number of amides is 2. The third-order valence-electron chi connectivity index (χ3n) is 4.23. The smallest absolute Gasteiger partial charge is 0.326 e. The summed E-state index contributed by atoms with van der Waals surface area (Å²) in [7, 11) is 1.51. The summed E-state index contributed by atoms with van der Waals surface area (Å²) < 4.78 is 0. The molecule has 1 unspecified atom stereocenters. The maximum atomic E-state index is 12.2. The van der Waals surface area contributed by atoms with Gasteiger partial charge in [-0.1, -0.05) is 13.8 Å². The molecule has 0 aliphatic carbocycles. The molecule has 11 nitrogen and oxygen atoms in total. The van der Waals surface area contributed by atoms with Crippen LogP contribution in [0.4, 0.5) is 0 Å². The van der Waals surface area contributed by atoms with Crippen molar-refractivity contribution in [3.05, 3.63) is 0 Å².